The van der Waals surface area contributed by atoms with Crippen LogP contribution < -0.4 is 9.80 Å². The molecule has 1 aliphatic carbocycles. The van der Waals surface area contributed by atoms with Gasteiger partial charge in [-0.1, -0.05) is 184 Å². The van der Waals surface area contributed by atoms with Gasteiger partial charge in [-0.15, -0.1) is 0 Å². The van der Waals surface area contributed by atoms with Crippen LogP contribution >= 0.6 is 0 Å². The second kappa shape index (κ2) is 16.3. The Hall–Kier alpha value is -8.72. The molecule has 2 nitrogen and oxygen atoms in total. The van der Waals surface area contributed by atoms with Crippen LogP contribution in [-0.4, -0.2) is 0 Å². The van der Waals surface area contributed by atoms with Gasteiger partial charge >= 0.3 is 0 Å². The number of fused-ring (bicyclic) bond motifs is 7. The molecule has 12 aromatic rings. The average Bonchev–Trinajstić information content (AvgIpc) is 3.63. The van der Waals surface area contributed by atoms with Crippen LogP contribution in [-0.2, 0) is 5.41 Å². The maximum Gasteiger partial charge on any atom is 0.0468 e. The highest BCUT2D eigenvalue weighted by Crippen LogP contribution is 2.53. The summed E-state index contributed by atoms with van der Waals surface area (Å²) in [6.07, 6.45) is 0. The van der Waals surface area contributed by atoms with Crippen LogP contribution in [0.1, 0.15) is 25.0 Å². The normalized spacial score (nSPS) is 12.6. The first kappa shape index (κ1) is 40.5. The maximum absolute atomic E-state index is 2.44. The summed E-state index contributed by atoms with van der Waals surface area (Å²) >= 11 is 0. The van der Waals surface area contributed by atoms with Crippen LogP contribution in [0.2, 0.25) is 0 Å². The van der Waals surface area contributed by atoms with Gasteiger partial charge in [-0.25, -0.2) is 0 Å². The summed E-state index contributed by atoms with van der Waals surface area (Å²) < 4.78 is 0. The molecule has 12 aromatic carbocycles. The van der Waals surface area contributed by atoms with Gasteiger partial charge in [0.1, 0.15) is 0 Å². The van der Waals surface area contributed by atoms with E-state index in [9.17, 15) is 0 Å². The fourth-order valence-corrected chi connectivity index (χ4v) is 10.9. The van der Waals surface area contributed by atoms with Crippen molar-refractivity contribution in [2.45, 2.75) is 19.3 Å². The summed E-state index contributed by atoms with van der Waals surface area (Å²) in [5, 5.41) is 9.90. The molecule has 0 fully saturated rings. The lowest BCUT2D eigenvalue weighted by Gasteiger charge is -2.29. The standard InChI is InChI=1S/C67H48N2/c1-67(2)65-43-61(68(59-33-27-47-13-5-9-17-53(47)41-59)57-29-23-49(24-30-57)55-21-19-45-11-3-7-15-51(45)39-55)35-37-63(65)64-38-36-62(44-66(64)67)69(60-34-28-48-14-6-10-18-54(48)42-60)58-31-25-50(26-32-58)56-22-20-46-12-4-8-16-52(46)40-56/h3-44H,1-2H3. The molecule has 0 spiro atoms. The van der Waals surface area contributed by atoms with E-state index in [1.807, 2.05) is 0 Å². The van der Waals surface area contributed by atoms with Crippen LogP contribution in [0.5, 0.6) is 0 Å². The second-order valence-corrected chi connectivity index (χ2v) is 19.0. The summed E-state index contributed by atoms with van der Waals surface area (Å²) in [5.74, 6) is 0. The van der Waals surface area contributed by atoms with Crippen molar-refractivity contribution in [1.29, 1.82) is 0 Å². The first-order valence-electron chi connectivity index (χ1n) is 24.0. The molecule has 2 heteroatoms. The van der Waals surface area contributed by atoms with Crippen LogP contribution in [0.4, 0.5) is 34.1 Å². The zero-order valence-corrected chi connectivity index (χ0v) is 38.6. The van der Waals surface area contributed by atoms with E-state index >= 15 is 0 Å². The molecule has 69 heavy (non-hydrogen) atoms. The number of rotatable bonds is 8. The Labute approximate surface area is 403 Å². The zero-order valence-electron chi connectivity index (χ0n) is 38.6. The Kier molecular flexibility index (Phi) is 9.55. The Balaban J connectivity index is 0.891. The van der Waals surface area contributed by atoms with Crippen molar-refractivity contribution < 1.29 is 0 Å². The predicted octanol–water partition coefficient (Wildman–Crippen LogP) is 18.9. The fraction of sp³-hybridized carbons (Fsp3) is 0.0448. The number of benzene rings is 12. The molecule has 0 aliphatic heterocycles. The van der Waals surface area contributed by atoms with E-state index in [-0.39, 0.29) is 5.41 Å². The minimum Gasteiger partial charge on any atom is -0.310 e. The van der Waals surface area contributed by atoms with E-state index < -0.39 is 0 Å². The molecule has 0 bridgehead atoms. The molecule has 0 saturated heterocycles. The molecular formula is C67H48N2. The number of hydrogen-bond donors (Lipinski definition) is 0. The lowest BCUT2D eigenvalue weighted by Crippen LogP contribution is -2.17. The van der Waals surface area contributed by atoms with Crippen molar-refractivity contribution >= 4 is 77.2 Å². The van der Waals surface area contributed by atoms with Crippen molar-refractivity contribution in [1.82, 2.24) is 0 Å². The lowest BCUT2D eigenvalue weighted by atomic mass is 9.82. The highest BCUT2D eigenvalue weighted by molar-refractivity contribution is 5.95. The van der Waals surface area contributed by atoms with Crippen LogP contribution in [0.25, 0.3) is 76.5 Å². The quantitative estimate of drug-likeness (QED) is 0.150. The largest absolute Gasteiger partial charge is 0.310 e. The predicted molar refractivity (Wildman–Crippen MR) is 294 cm³/mol. The van der Waals surface area contributed by atoms with Crippen molar-refractivity contribution in [2.24, 2.45) is 0 Å². The molecule has 0 radical (unpaired) electrons. The number of hydrogen-bond acceptors (Lipinski definition) is 2. The van der Waals surface area contributed by atoms with Gasteiger partial charge < -0.3 is 9.80 Å². The molecule has 326 valence electrons. The second-order valence-electron chi connectivity index (χ2n) is 19.0. The maximum atomic E-state index is 2.44. The number of nitrogens with zero attached hydrogens (tertiary/aromatic N) is 2. The van der Waals surface area contributed by atoms with E-state index in [1.54, 1.807) is 0 Å². The van der Waals surface area contributed by atoms with Gasteiger partial charge in [-0.05, 0) is 173 Å². The third-order valence-electron chi connectivity index (χ3n) is 14.6. The van der Waals surface area contributed by atoms with E-state index in [0.717, 1.165) is 34.1 Å². The lowest BCUT2D eigenvalue weighted by molar-refractivity contribution is 0.660. The van der Waals surface area contributed by atoms with E-state index in [1.165, 1.54) is 87.6 Å². The van der Waals surface area contributed by atoms with Gasteiger partial charge in [-0.3, -0.25) is 0 Å². The Morgan fingerprint density at radius 1 is 0.232 bits per heavy atom. The molecular weight excluding hydrogens is 833 g/mol. The summed E-state index contributed by atoms with van der Waals surface area (Å²) in [5.41, 5.74) is 16.5. The molecule has 1 aliphatic rings. The monoisotopic (exact) mass is 880 g/mol. The van der Waals surface area contributed by atoms with Crippen molar-refractivity contribution in [3.63, 3.8) is 0 Å². The summed E-state index contributed by atoms with van der Waals surface area (Å²) in [7, 11) is 0. The topological polar surface area (TPSA) is 6.48 Å². The highest BCUT2D eigenvalue weighted by atomic mass is 15.1. The van der Waals surface area contributed by atoms with Crippen molar-refractivity contribution in [3.05, 3.63) is 266 Å². The van der Waals surface area contributed by atoms with Gasteiger partial charge in [0.15, 0.2) is 0 Å². The summed E-state index contributed by atoms with van der Waals surface area (Å²) in [4.78, 5) is 4.84. The SMILES string of the molecule is CC1(C)c2cc(N(c3ccc(-c4ccc5ccccc5c4)cc3)c3ccc4ccccc4c3)ccc2-c2ccc(N(c3ccc(-c4ccc5ccccc5c4)cc3)c3ccc4ccccc4c3)cc21. The van der Waals surface area contributed by atoms with Gasteiger partial charge in [0.2, 0.25) is 0 Å². The molecule has 0 unspecified atom stereocenters. The van der Waals surface area contributed by atoms with Crippen LogP contribution in [0.15, 0.2) is 255 Å². The molecule has 13 rings (SSSR count). The molecule has 0 heterocycles. The average molecular weight is 881 g/mol. The minimum absolute atomic E-state index is 0.277. The molecule has 0 atom stereocenters. The van der Waals surface area contributed by atoms with Crippen molar-refractivity contribution in [3.8, 4) is 33.4 Å². The van der Waals surface area contributed by atoms with E-state index in [2.05, 4.69) is 278 Å². The Bertz CT molecular complexity index is 3680. The van der Waals surface area contributed by atoms with Gasteiger partial charge in [0, 0.05) is 39.5 Å². The van der Waals surface area contributed by atoms with E-state index in [4.69, 9.17) is 0 Å². The Morgan fingerprint density at radius 2 is 0.507 bits per heavy atom. The molecule has 0 aromatic heterocycles. The zero-order chi connectivity index (χ0) is 46.1. The molecule has 0 amide bonds. The fourth-order valence-electron chi connectivity index (χ4n) is 10.9. The van der Waals surface area contributed by atoms with Crippen LogP contribution in [0, 0.1) is 0 Å². The molecule has 0 saturated carbocycles. The first-order chi connectivity index (χ1) is 33.9. The molecule has 0 N–H and O–H groups in total. The minimum atomic E-state index is -0.277. The summed E-state index contributed by atoms with van der Waals surface area (Å²) in [6.45, 7) is 4.78. The first-order valence-corrected chi connectivity index (χ1v) is 24.0. The highest BCUT2D eigenvalue weighted by Gasteiger charge is 2.37. The third kappa shape index (κ3) is 7.12. The van der Waals surface area contributed by atoms with Gasteiger partial charge in [0.25, 0.3) is 0 Å². The Morgan fingerprint density at radius 3 is 0.884 bits per heavy atom. The van der Waals surface area contributed by atoms with Gasteiger partial charge in [0.05, 0.1) is 0 Å². The smallest absolute Gasteiger partial charge is 0.0468 e. The van der Waals surface area contributed by atoms with Gasteiger partial charge in [-0.2, -0.15) is 0 Å². The summed E-state index contributed by atoms with van der Waals surface area (Å²) in [6, 6.07) is 93.9. The third-order valence-corrected chi connectivity index (χ3v) is 14.6. The number of anilines is 6. The van der Waals surface area contributed by atoms with Crippen molar-refractivity contribution in [2.75, 3.05) is 9.80 Å². The van der Waals surface area contributed by atoms with Crippen LogP contribution in [0.3, 0.4) is 0 Å². The van der Waals surface area contributed by atoms with E-state index in [0.29, 0.717) is 0 Å².